The van der Waals surface area contributed by atoms with Gasteiger partial charge in [0.05, 0.1) is 6.10 Å². The Morgan fingerprint density at radius 1 is 1.33 bits per heavy atom. The fraction of sp³-hybridized carbons (Fsp3) is 0.417. The third-order valence-electron chi connectivity index (χ3n) is 2.28. The van der Waals surface area contributed by atoms with Crippen molar-refractivity contribution in [3.63, 3.8) is 0 Å². The van der Waals surface area contributed by atoms with Crippen LogP contribution in [0.15, 0.2) is 24.3 Å². The molecule has 0 radical (unpaired) electrons. The van der Waals surface area contributed by atoms with Crippen LogP contribution in [-0.2, 0) is 4.79 Å². The number of nitrogens with one attached hydrogen (secondary N) is 1. The number of amides is 1. The second-order valence-corrected chi connectivity index (χ2v) is 3.81. The number of anilines is 1. The number of hydrogen-bond acceptors (Lipinski definition) is 2. The maximum Gasteiger partial charge on any atom is 0.471 e. The van der Waals surface area contributed by atoms with Crippen LogP contribution in [-0.4, -0.2) is 18.2 Å². The maximum atomic E-state index is 12.0. The van der Waals surface area contributed by atoms with Gasteiger partial charge in [0.1, 0.15) is 5.75 Å². The minimum atomic E-state index is -4.88. The molecular formula is C12H14F3NO2. The van der Waals surface area contributed by atoms with Crippen LogP contribution in [0.2, 0.25) is 0 Å². The smallest absolute Gasteiger partial charge is 0.471 e. The molecule has 0 bridgehead atoms. The summed E-state index contributed by atoms with van der Waals surface area (Å²) in [5.41, 5.74) is 0.0776. The molecule has 1 aromatic carbocycles. The highest BCUT2D eigenvalue weighted by atomic mass is 19.4. The number of alkyl halides is 3. The van der Waals surface area contributed by atoms with Crippen molar-refractivity contribution in [3.05, 3.63) is 24.3 Å². The Labute approximate surface area is 103 Å². The number of halogens is 3. The standard InChI is InChI=1S/C12H14F3NO2/c1-3-8(2)18-10-6-4-9(5-7-10)16-11(17)12(13,14)15/h4-8H,3H2,1-2H3,(H,16,17)/t8-/m0/s1. The van der Waals surface area contributed by atoms with Crippen molar-refractivity contribution >= 4 is 11.6 Å². The number of benzene rings is 1. The summed E-state index contributed by atoms with van der Waals surface area (Å²) in [5, 5.41) is 1.76. The van der Waals surface area contributed by atoms with Gasteiger partial charge in [-0.1, -0.05) is 6.92 Å². The minimum Gasteiger partial charge on any atom is -0.491 e. The van der Waals surface area contributed by atoms with E-state index in [1.54, 1.807) is 5.32 Å². The molecule has 1 N–H and O–H groups in total. The van der Waals surface area contributed by atoms with Crippen molar-refractivity contribution in [1.82, 2.24) is 0 Å². The highest BCUT2D eigenvalue weighted by Crippen LogP contribution is 2.21. The normalized spacial score (nSPS) is 12.9. The molecule has 0 aliphatic rings. The summed E-state index contributed by atoms with van der Waals surface area (Å²) in [7, 11) is 0. The zero-order chi connectivity index (χ0) is 13.8. The average molecular weight is 261 g/mol. The van der Waals surface area contributed by atoms with Gasteiger partial charge in [0.2, 0.25) is 0 Å². The van der Waals surface area contributed by atoms with E-state index in [2.05, 4.69) is 0 Å². The van der Waals surface area contributed by atoms with Crippen molar-refractivity contribution in [2.45, 2.75) is 32.5 Å². The lowest BCUT2D eigenvalue weighted by molar-refractivity contribution is -0.167. The predicted molar refractivity (Wildman–Crippen MR) is 61.5 cm³/mol. The van der Waals surface area contributed by atoms with Crippen molar-refractivity contribution in [2.75, 3.05) is 5.32 Å². The number of carbonyl (C=O) groups excluding carboxylic acids is 1. The first-order valence-electron chi connectivity index (χ1n) is 5.47. The highest BCUT2D eigenvalue weighted by Gasteiger charge is 2.38. The molecule has 100 valence electrons. The van der Waals surface area contributed by atoms with Gasteiger partial charge in [0, 0.05) is 5.69 Å². The second-order valence-electron chi connectivity index (χ2n) is 3.81. The number of rotatable bonds is 4. The number of hydrogen-bond donors (Lipinski definition) is 1. The first-order chi connectivity index (χ1) is 8.32. The molecular weight excluding hydrogens is 247 g/mol. The number of carbonyl (C=O) groups is 1. The fourth-order valence-electron chi connectivity index (χ4n) is 1.13. The van der Waals surface area contributed by atoms with Crippen LogP contribution >= 0.6 is 0 Å². The van der Waals surface area contributed by atoms with E-state index in [-0.39, 0.29) is 11.8 Å². The molecule has 0 aromatic heterocycles. The lowest BCUT2D eigenvalue weighted by Crippen LogP contribution is -2.29. The lowest BCUT2D eigenvalue weighted by atomic mass is 10.2. The molecule has 0 aliphatic heterocycles. The molecule has 0 saturated carbocycles. The molecule has 0 unspecified atom stereocenters. The zero-order valence-electron chi connectivity index (χ0n) is 10.0. The average Bonchev–Trinajstić information content (AvgIpc) is 2.30. The van der Waals surface area contributed by atoms with E-state index in [0.717, 1.165) is 6.42 Å². The Bertz CT molecular complexity index is 401. The SMILES string of the molecule is CC[C@H](C)Oc1ccc(NC(=O)C(F)(F)F)cc1. The molecule has 1 amide bonds. The van der Waals surface area contributed by atoms with Gasteiger partial charge in [-0.25, -0.2) is 0 Å². The zero-order valence-corrected chi connectivity index (χ0v) is 10.0. The maximum absolute atomic E-state index is 12.0. The van der Waals surface area contributed by atoms with Crippen molar-refractivity contribution < 1.29 is 22.7 Å². The third-order valence-corrected chi connectivity index (χ3v) is 2.28. The van der Waals surface area contributed by atoms with Crippen LogP contribution in [0.25, 0.3) is 0 Å². The molecule has 0 spiro atoms. The van der Waals surface area contributed by atoms with Crippen molar-refractivity contribution in [2.24, 2.45) is 0 Å². The molecule has 6 heteroatoms. The second kappa shape index (κ2) is 5.75. The third kappa shape index (κ3) is 4.27. The Morgan fingerprint density at radius 3 is 2.33 bits per heavy atom. The Hall–Kier alpha value is -1.72. The summed E-state index contributed by atoms with van der Waals surface area (Å²) in [6.45, 7) is 3.85. The van der Waals surface area contributed by atoms with Gasteiger partial charge in [-0.15, -0.1) is 0 Å². The molecule has 3 nitrogen and oxygen atoms in total. The fourth-order valence-corrected chi connectivity index (χ4v) is 1.13. The van der Waals surface area contributed by atoms with Crippen LogP contribution < -0.4 is 10.1 Å². The molecule has 18 heavy (non-hydrogen) atoms. The lowest BCUT2D eigenvalue weighted by Gasteiger charge is -2.13. The molecule has 0 saturated heterocycles. The van der Waals surface area contributed by atoms with E-state index in [9.17, 15) is 18.0 Å². The van der Waals surface area contributed by atoms with Gasteiger partial charge in [-0.05, 0) is 37.6 Å². The minimum absolute atomic E-state index is 0.0283. The van der Waals surface area contributed by atoms with Gasteiger partial charge in [0.25, 0.3) is 0 Å². The largest absolute Gasteiger partial charge is 0.491 e. The van der Waals surface area contributed by atoms with E-state index in [1.165, 1.54) is 24.3 Å². The monoisotopic (exact) mass is 261 g/mol. The Kier molecular flexibility index (Phi) is 4.58. The summed E-state index contributed by atoms with van der Waals surface area (Å²) < 4.78 is 41.4. The molecule has 0 heterocycles. The molecule has 0 aliphatic carbocycles. The van der Waals surface area contributed by atoms with Gasteiger partial charge in [-0.2, -0.15) is 13.2 Å². The van der Waals surface area contributed by atoms with Gasteiger partial charge < -0.3 is 10.1 Å². The molecule has 0 fully saturated rings. The summed E-state index contributed by atoms with van der Waals surface area (Å²) in [4.78, 5) is 10.7. The quantitative estimate of drug-likeness (QED) is 0.902. The molecule has 1 aromatic rings. The van der Waals surface area contributed by atoms with E-state index >= 15 is 0 Å². The van der Waals surface area contributed by atoms with E-state index in [4.69, 9.17) is 4.74 Å². The first-order valence-corrected chi connectivity index (χ1v) is 5.47. The van der Waals surface area contributed by atoms with E-state index < -0.39 is 12.1 Å². The van der Waals surface area contributed by atoms with Crippen LogP contribution in [0.4, 0.5) is 18.9 Å². The summed E-state index contributed by atoms with van der Waals surface area (Å²) in [6.07, 6.45) is -4.03. The van der Waals surface area contributed by atoms with Gasteiger partial charge in [-0.3, -0.25) is 4.79 Å². The van der Waals surface area contributed by atoms with E-state index in [0.29, 0.717) is 5.75 Å². The van der Waals surface area contributed by atoms with Crippen LogP contribution in [0.1, 0.15) is 20.3 Å². The summed E-state index contributed by atoms with van der Waals surface area (Å²) in [6, 6.07) is 5.75. The van der Waals surface area contributed by atoms with Crippen LogP contribution in [0.5, 0.6) is 5.75 Å². The molecule has 1 atom stereocenters. The molecule has 1 rings (SSSR count). The van der Waals surface area contributed by atoms with Gasteiger partial charge in [0.15, 0.2) is 0 Å². The van der Waals surface area contributed by atoms with Crippen LogP contribution in [0.3, 0.4) is 0 Å². The van der Waals surface area contributed by atoms with Gasteiger partial charge >= 0.3 is 12.1 Å². The summed E-state index contributed by atoms with van der Waals surface area (Å²) >= 11 is 0. The first kappa shape index (κ1) is 14.3. The van der Waals surface area contributed by atoms with Crippen molar-refractivity contribution in [3.8, 4) is 5.75 Å². The predicted octanol–water partition coefficient (Wildman–Crippen LogP) is 3.36. The topological polar surface area (TPSA) is 38.3 Å². The van der Waals surface area contributed by atoms with E-state index in [1.807, 2.05) is 13.8 Å². The van der Waals surface area contributed by atoms with Crippen molar-refractivity contribution in [1.29, 1.82) is 0 Å². The summed E-state index contributed by atoms with van der Waals surface area (Å²) in [5.74, 6) is -1.44. The Morgan fingerprint density at radius 2 is 1.89 bits per heavy atom. The number of ether oxygens (including phenoxy) is 1. The Balaban J connectivity index is 2.63. The van der Waals surface area contributed by atoms with Crippen LogP contribution in [0, 0.1) is 0 Å². The highest BCUT2D eigenvalue weighted by molar-refractivity contribution is 5.94.